The molecule has 0 aliphatic heterocycles. The largest absolute Gasteiger partial charge is 0.434 e. The quantitative estimate of drug-likeness (QED) is 0.348. The Morgan fingerprint density at radius 3 is 2.46 bits per heavy atom. The SMILES string of the molecule is CN=C(NCCc1nc(C(F)(F)F)cs1)NCc1csc(N(C)C)n1.I. The minimum Gasteiger partial charge on any atom is -0.356 e. The number of aliphatic imine (C=N–C) groups is 1. The molecule has 0 aliphatic rings. The number of nitrogens with one attached hydrogen (secondary N) is 2. The fourth-order valence-electron chi connectivity index (χ4n) is 1.82. The molecule has 26 heavy (non-hydrogen) atoms. The smallest absolute Gasteiger partial charge is 0.356 e. The molecule has 0 atom stereocenters. The van der Waals surface area contributed by atoms with E-state index in [4.69, 9.17) is 0 Å². The van der Waals surface area contributed by atoms with E-state index in [2.05, 4.69) is 25.6 Å². The van der Waals surface area contributed by atoms with Crippen molar-refractivity contribution in [3.63, 3.8) is 0 Å². The van der Waals surface area contributed by atoms with E-state index in [0.717, 1.165) is 27.5 Å². The predicted molar refractivity (Wildman–Crippen MR) is 111 cm³/mol. The number of thiazole rings is 2. The van der Waals surface area contributed by atoms with Crippen molar-refractivity contribution in [3.05, 3.63) is 27.2 Å². The highest BCUT2D eigenvalue weighted by atomic mass is 127. The molecule has 0 unspecified atom stereocenters. The maximum atomic E-state index is 12.5. The van der Waals surface area contributed by atoms with Crippen LogP contribution in [0.3, 0.4) is 0 Å². The average molecular weight is 520 g/mol. The Kier molecular flexibility index (Phi) is 9.03. The van der Waals surface area contributed by atoms with Crippen LogP contribution in [0.15, 0.2) is 15.8 Å². The number of aromatic nitrogens is 2. The van der Waals surface area contributed by atoms with Crippen molar-refractivity contribution in [1.82, 2.24) is 20.6 Å². The van der Waals surface area contributed by atoms with Crippen LogP contribution in [-0.4, -0.2) is 43.6 Å². The number of rotatable bonds is 6. The van der Waals surface area contributed by atoms with Gasteiger partial charge in [0, 0.05) is 44.9 Å². The van der Waals surface area contributed by atoms with E-state index < -0.39 is 11.9 Å². The number of hydrogen-bond acceptors (Lipinski definition) is 6. The molecule has 2 rings (SSSR count). The van der Waals surface area contributed by atoms with Crippen molar-refractivity contribution in [2.75, 3.05) is 32.6 Å². The Morgan fingerprint density at radius 2 is 1.92 bits per heavy atom. The number of guanidine groups is 1. The highest BCUT2D eigenvalue weighted by Crippen LogP contribution is 2.30. The number of halogens is 4. The number of nitrogens with zero attached hydrogens (tertiary/aromatic N) is 4. The minimum atomic E-state index is -4.39. The fraction of sp³-hybridized carbons (Fsp3) is 0.500. The molecule has 0 amide bonds. The summed E-state index contributed by atoms with van der Waals surface area (Å²) >= 11 is 2.56. The first-order chi connectivity index (χ1) is 11.8. The summed E-state index contributed by atoms with van der Waals surface area (Å²) in [6.07, 6.45) is -4.00. The molecule has 12 heteroatoms. The van der Waals surface area contributed by atoms with Crippen molar-refractivity contribution >= 4 is 57.7 Å². The van der Waals surface area contributed by atoms with Gasteiger partial charge in [-0.3, -0.25) is 4.99 Å². The standard InChI is InChI=1S/C14H19F3N6S2.HI/c1-18-12(20-6-9-7-25-13(21-9)23(2)3)19-5-4-11-22-10(8-24-11)14(15,16)17;/h7-8H,4-6H2,1-3H3,(H2,18,19,20);1H. The molecule has 0 aromatic carbocycles. The van der Waals surface area contributed by atoms with Gasteiger partial charge >= 0.3 is 6.18 Å². The van der Waals surface area contributed by atoms with Crippen molar-refractivity contribution in [3.8, 4) is 0 Å². The first kappa shape index (κ1) is 22.9. The molecule has 0 spiro atoms. The Bertz CT molecular complexity index is 714. The van der Waals surface area contributed by atoms with Crippen molar-refractivity contribution < 1.29 is 13.2 Å². The van der Waals surface area contributed by atoms with Crippen LogP contribution < -0.4 is 15.5 Å². The molecule has 0 fully saturated rings. The second-order valence-electron chi connectivity index (χ2n) is 5.24. The van der Waals surface area contributed by atoms with E-state index in [9.17, 15) is 13.2 Å². The van der Waals surface area contributed by atoms with Gasteiger partial charge in [-0.05, 0) is 0 Å². The number of anilines is 1. The molecule has 146 valence electrons. The van der Waals surface area contributed by atoms with Gasteiger partial charge in [-0.25, -0.2) is 9.97 Å². The summed E-state index contributed by atoms with van der Waals surface area (Å²) in [7, 11) is 5.49. The minimum absolute atomic E-state index is 0. The Morgan fingerprint density at radius 1 is 1.19 bits per heavy atom. The van der Waals surface area contributed by atoms with Crippen LogP contribution in [0.1, 0.15) is 16.4 Å². The number of hydrogen-bond donors (Lipinski definition) is 2. The third-order valence-corrected chi connectivity index (χ3v) is 5.02. The van der Waals surface area contributed by atoms with Crippen LogP contribution in [0.25, 0.3) is 0 Å². The number of alkyl halides is 3. The van der Waals surface area contributed by atoms with Gasteiger partial charge in [0.05, 0.1) is 17.2 Å². The van der Waals surface area contributed by atoms with Crippen LogP contribution in [0.5, 0.6) is 0 Å². The fourth-order valence-corrected chi connectivity index (χ4v) is 3.38. The van der Waals surface area contributed by atoms with Gasteiger partial charge in [0.25, 0.3) is 0 Å². The van der Waals surface area contributed by atoms with Gasteiger partial charge in [-0.1, -0.05) is 0 Å². The second kappa shape index (κ2) is 10.3. The maximum Gasteiger partial charge on any atom is 0.434 e. The molecule has 6 nitrogen and oxygen atoms in total. The molecular weight excluding hydrogens is 500 g/mol. The van der Waals surface area contributed by atoms with Crippen LogP contribution in [0.4, 0.5) is 18.3 Å². The molecule has 0 saturated carbocycles. The van der Waals surface area contributed by atoms with E-state index in [-0.39, 0.29) is 24.0 Å². The lowest BCUT2D eigenvalue weighted by Gasteiger charge is -2.10. The van der Waals surface area contributed by atoms with Crippen LogP contribution in [0.2, 0.25) is 0 Å². The Balaban J connectivity index is 0.00000338. The molecule has 0 bridgehead atoms. The molecular formula is C14H20F3IN6S2. The molecule has 0 radical (unpaired) electrons. The molecule has 0 saturated heterocycles. The molecule has 2 aromatic rings. The van der Waals surface area contributed by atoms with Gasteiger partial charge in [0.1, 0.15) is 0 Å². The topological polar surface area (TPSA) is 65.4 Å². The van der Waals surface area contributed by atoms with Crippen LogP contribution in [0, 0.1) is 0 Å². The zero-order valence-electron chi connectivity index (χ0n) is 14.4. The van der Waals surface area contributed by atoms with Gasteiger partial charge < -0.3 is 15.5 Å². The van der Waals surface area contributed by atoms with E-state index in [1.54, 1.807) is 18.4 Å². The third-order valence-electron chi connectivity index (χ3n) is 3.06. The lowest BCUT2D eigenvalue weighted by atomic mass is 10.4. The van der Waals surface area contributed by atoms with E-state index in [0.29, 0.717) is 30.5 Å². The van der Waals surface area contributed by atoms with E-state index >= 15 is 0 Å². The molecule has 2 N–H and O–H groups in total. The highest BCUT2D eigenvalue weighted by Gasteiger charge is 2.33. The van der Waals surface area contributed by atoms with E-state index in [1.807, 2.05) is 24.4 Å². The summed E-state index contributed by atoms with van der Waals surface area (Å²) in [6, 6.07) is 0. The highest BCUT2D eigenvalue weighted by molar-refractivity contribution is 14.0. The molecule has 2 heterocycles. The van der Waals surface area contributed by atoms with E-state index in [1.165, 1.54) is 0 Å². The summed E-state index contributed by atoms with van der Waals surface area (Å²) in [5.74, 6) is 0.562. The Labute approximate surface area is 175 Å². The normalized spacial score (nSPS) is 11.8. The van der Waals surface area contributed by atoms with Crippen molar-refractivity contribution in [2.24, 2.45) is 4.99 Å². The molecule has 2 aromatic heterocycles. The third kappa shape index (κ3) is 6.87. The summed E-state index contributed by atoms with van der Waals surface area (Å²) in [6.45, 7) is 0.948. The Hall–Kier alpha value is -1.15. The molecule has 0 aliphatic carbocycles. The monoisotopic (exact) mass is 520 g/mol. The first-order valence-corrected chi connectivity index (χ1v) is 9.13. The summed E-state index contributed by atoms with van der Waals surface area (Å²) in [5.41, 5.74) is 0.0571. The van der Waals surface area contributed by atoms with Crippen LogP contribution >= 0.6 is 46.7 Å². The van der Waals surface area contributed by atoms with Gasteiger partial charge in [0.2, 0.25) is 0 Å². The first-order valence-electron chi connectivity index (χ1n) is 7.37. The summed E-state index contributed by atoms with van der Waals surface area (Å²) < 4.78 is 37.5. The lowest BCUT2D eigenvalue weighted by molar-refractivity contribution is -0.140. The van der Waals surface area contributed by atoms with Crippen molar-refractivity contribution in [1.29, 1.82) is 0 Å². The zero-order valence-corrected chi connectivity index (χ0v) is 18.4. The average Bonchev–Trinajstić information content (AvgIpc) is 3.19. The van der Waals surface area contributed by atoms with Crippen LogP contribution in [-0.2, 0) is 19.1 Å². The maximum absolute atomic E-state index is 12.5. The predicted octanol–water partition coefficient (Wildman–Crippen LogP) is 3.21. The summed E-state index contributed by atoms with van der Waals surface area (Å²) in [4.78, 5) is 14.1. The van der Waals surface area contributed by atoms with Crippen molar-refractivity contribution in [2.45, 2.75) is 19.1 Å². The second-order valence-corrected chi connectivity index (χ2v) is 7.02. The van der Waals surface area contributed by atoms with Gasteiger partial charge in [-0.15, -0.1) is 46.7 Å². The van der Waals surface area contributed by atoms with Gasteiger partial charge in [-0.2, -0.15) is 13.2 Å². The summed E-state index contributed by atoms with van der Waals surface area (Å²) in [5, 5.41) is 10.5. The zero-order chi connectivity index (χ0) is 18.4. The van der Waals surface area contributed by atoms with Gasteiger partial charge in [0.15, 0.2) is 16.8 Å². The lowest BCUT2D eigenvalue weighted by Crippen LogP contribution is -2.37.